The summed E-state index contributed by atoms with van der Waals surface area (Å²) in [6.07, 6.45) is 3.56. The van der Waals surface area contributed by atoms with Crippen molar-refractivity contribution in [3.05, 3.63) is 17.5 Å². The number of pyridine rings is 1. The first kappa shape index (κ1) is 17.3. The molecule has 2 aromatic rings. The highest BCUT2D eigenvalue weighted by atomic mass is 16.7. The topological polar surface area (TPSA) is 151 Å². The van der Waals surface area contributed by atoms with E-state index in [0.717, 1.165) is 35.3 Å². The van der Waals surface area contributed by atoms with Crippen molar-refractivity contribution in [2.45, 2.75) is 44.2 Å². The number of anilines is 1. The number of aryl methyl sites for hydroxylation is 2. The lowest BCUT2D eigenvalue weighted by Crippen LogP contribution is -2.47. The molecule has 2 aliphatic rings. The first-order valence-corrected chi connectivity index (χ1v) is 8.73. The zero-order valence-electron chi connectivity index (χ0n) is 15.2. The van der Waals surface area contributed by atoms with Gasteiger partial charge in [-0.25, -0.2) is 4.98 Å². The minimum Gasteiger partial charge on any atom is -0.381 e. The molecular weight excluding hydrogens is 350 g/mol. The Kier molecular flexibility index (Phi) is 3.79. The fraction of sp³-hybridized carbons (Fsp3) is 0.471. The molecule has 1 aliphatic heterocycles. The van der Waals surface area contributed by atoms with E-state index < -0.39 is 17.4 Å². The molecule has 10 nitrogen and oxygen atoms in total. The van der Waals surface area contributed by atoms with Gasteiger partial charge in [-0.3, -0.25) is 14.3 Å². The van der Waals surface area contributed by atoms with Gasteiger partial charge < -0.3 is 21.6 Å². The molecule has 2 amide bonds. The van der Waals surface area contributed by atoms with Crippen molar-refractivity contribution in [3.63, 3.8) is 0 Å². The number of carbonyl (C=O) groups excluding carboxylic acids is 2. The van der Waals surface area contributed by atoms with Crippen LogP contribution in [0.3, 0.4) is 0 Å². The summed E-state index contributed by atoms with van der Waals surface area (Å²) in [7, 11) is 1.84. The fourth-order valence-electron chi connectivity index (χ4n) is 3.43. The molecule has 0 saturated heterocycles. The number of hydrogen-bond donors (Lipinski definition) is 3. The second kappa shape index (κ2) is 5.93. The second-order valence-electron chi connectivity index (χ2n) is 7.18. The van der Waals surface area contributed by atoms with Crippen LogP contribution in [0, 0.1) is 6.92 Å². The lowest BCUT2D eigenvalue weighted by atomic mass is 9.89. The molecule has 0 spiro atoms. The van der Waals surface area contributed by atoms with Crippen molar-refractivity contribution in [2.24, 2.45) is 23.7 Å². The molecule has 1 atom stereocenters. The first-order valence-electron chi connectivity index (χ1n) is 8.73. The number of amides is 2. The van der Waals surface area contributed by atoms with Crippen LogP contribution >= 0.6 is 0 Å². The Bertz CT molecular complexity index is 992. The van der Waals surface area contributed by atoms with Crippen molar-refractivity contribution in [2.75, 3.05) is 5.32 Å². The largest absolute Gasteiger partial charge is 0.381 e. The Hall–Kier alpha value is -3.17. The SMILES string of the molecule is Cc1nn(C)c2ncc(C3=NOC(CC(N)=O)(C(N)=O)C3)c(NC3CC3)c12. The van der Waals surface area contributed by atoms with Crippen LogP contribution in [0.5, 0.6) is 0 Å². The number of aromatic nitrogens is 3. The van der Waals surface area contributed by atoms with E-state index >= 15 is 0 Å². The van der Waals surface area contributed by atoms with Gasteiger partial charge in [0.2, 0.25) is 11.5 Å². The van der Waals surface area contributed by atoms with Gasteiger partial charge in [-0.1, -0.05) is 5.16 Å². The van der Waals surface area contributed by atoms with E-state index in [1.165, 1.54) is 0 Å². The number of nitrogens with two attached hydrogens (primary N) is 2. The van der Waals surface area contributed by atoms with Gasteiger partial charge >= 0.3 is 0 Å². The predicted octanol–water partition coefficient (Wildman–Crippen LogP) is 0.0749. The average molecular weight is 371 g/mol. The van der Waals surface area contributed by atoms with E-state index in [1.54, 1.807) is 10.9 Å². The van der Waals surface area contributed by atoms with Crippen molar-refractivity contribution in [1.82, 2.24) is 14.8 Å². The highest BCUT2D eigenvalue weighted by Crippen LogP contribution is 2.37. The Balaban J connectivity index is 1.79. The predicted molar refractivity (Wildman–Crippen MR) is 97.9 cm³/mol. The average Bonchev–Trinajstić information content (AvgIpc) is 3.23. The standard InChI is InChI=1S/C17H21N7O3/c1-8-13-14(21-9-3-4-9)10(7-20-15(13)24(2)22-8)11-5-17(16(19)26,27-23-11)6-12(18)25/h7,9H,3-6H2,1-2H3,(H2,18,25)(H2,19,26)(H,20,21). The Morgan fingerprint density at radius 1 is 1.41 bits per heavy atom. The molecule has 1 fully saturated rings. The van der Waals surface area contributed by atoms with Crippen LogP contribution < -0.4 is 16.8 Å². The summed E-state index contributed by atoms with van der Waals surface area (Å²) >= 11 is 0. The second-order valence-corrected chi connectivity index (χ2v) is 7.18. The van der Waals surface area contributed by atoms with Gasteiger partial charge in [0.05, 0.1) is 28.9 Å². The van der Waals surface area contributed by atoms with Crippen LogP contribution in [0.1, 0.15) is 36.9 Å². The maximum atomic E-state index is 11.9. The van der Waals surface area contributed by atoms with Crippen molar-refractivity contribution in [3.8, 4) is 0 Å². The van der Waals surface area contributed by atoms with Gasteiger partial charge in [-0.2, -0.15) is 5.10 Å². The zero-order chi connectivity index (χ0) is 19.3. The molecule has 5 N–H and O–H groups in total. The smallest absolute Gasteiger partial charge is 0.265 e. The van der Waals surface area contributed by atoms with Gasteiger partial charge in [0.15, 0.2) is 5.65 Å². The summed E-state index contributed by atoms with van der Waals surface area (Å²) in [5.74, 6) is -1.46. The highest BCUT2D eigenvalue weighted by Gasteiger charge is 2.47. The summed E-state index contributed by atoms with van der Waals surface area (Å²) in [5.41, 5.74) is 12.8. The summed E-state index contributed by atoms with van der Waals surface area (Å²) in [5, 5.41) is 12.9. The molecule has 3 heterocycles. The van der Waals surface area contributed by atoms with Gasteiger partial charge in [0.25, 0.3) is 5.91 Å². The van der Waals surface area contributed by atoms with E-state index in [0.29, 0.717) is 17.3 Å². The number of primary amides is 2. The monoisotopic (exact) mass is 371 g/mol. The van der Waals surface area contributed by atoms with Crippen LogP contribution in [0.4, 0.5) is 5.69 Å². The first-order chi connectivity index (χ1) is 12.8. The summed E-state index contributed by atoms with van der Waals surface area (Å²) in [6.45, 7) is 1.92. The van der Waals surface area contributed by atoms with Crippen molar-refractivity contribution < 1.29 is 14.4 Å². The summed E-state index contributed by atoms with van der Waals surface area (Å²) in [4.78, 5) is 33.2. The van der Waals surface area contributed by atoms with Gasteiger partial charge in [-0.05, 0) is 19.8 Å². The zero-order valence-corrected chi connectivity index (χ0v) is 15.2. The number of nitrogens with zero attached hydrogens (tertiary/aromatic N) is 4. The summed E-state index contributed by atoms with van der Waals surface area (Å²) in [6, 6.07) is 0.378. The molecule has 1 saturated carbocycles. The maximum absolute atomic E-state index is 11.9. The number of rotatable bonds is 6. The van der Waals surface area contributed by atoms with Crippen LogP contribution in [0.25, 0.3) is 11.0 Å². The molecule has 0 radical (unpaired) electrons. The minimum atomic E-state index is -1.56. The normalized spacial score (nSPS) is 21.8. The van der Waals surface area contributed by atoms with E-state index in [9.17, 15) is 9.59 Å². The van der Waals surface area contributed by atoms with E-state index in [4.69, 9.17) is 16.3 Å². The van der Waals surface area contributed by atoms with E-state index in [-0.39, 0.29) is 12.8 Å². The molecule has 142 valence electrons. The number of hydrogen-bond acceptors (Lipinski definition) is 7. The van der Waals surface area contributed by atoms with E-state index in [2.05, 4.69) is 20.6 Å². The van der Waals surface area contributed by atoms with Gasteiger partial charge in [0.1, 0.15) is 0 Å². The molecule has 27 heavy (non-hydrogen) atoms. The lowest BCUT2D eigenvalue weighted by molar-refractivity contribution is -0.145. The molecule has 10 heteroatoms. The summed E-state index contributed by atoms with van der Waals surface area (Å²) < 4.78 is 1.72. The number of carbonyl (C=O) groups is 2. The molecular formula is C17H21N7O3. The van der Waals surface area contributed by atoms with Gasteiger partial charge in [0, 0.05) is 31.3 Å². The van der Waals surface area contributed by atoms with E-state index in [1.807, 2.05) is 14.0 Å². The third kappa shape index (κ3) is 2.86. The van der Waals surface area contributed by atoms with Crippen molar-refractivity contribution in [1.29, 1.82) is 0 Å². The third-order valence-corrected chi connectivity index (χ3v) is 4.96. The van der Waals surface area contributed by atoms with Crippen LogP contribution in [-0.2, 0) is 21.5 Å². The van der Waals surface area contributed by atoms with Crippen LogP contribution in [-0.4, -0.2) is 43.9 Å². The minimum absolute atomic E-state index is 0.0527. The quantitative estimate of drug-likeness (QED) is 0.654. The molecule has 2 aromatic heterocycles. The van der Waals surface area contributed by atoms with Crippen molar-refractivity contribution >= 4 is 34.2 Å². The van der Waals surface area contributed by atoms with Gasteiger partial charge in [-0.15, -0.1) is 0 Å². The number of fused-ring (bicyclic) bond motifs is 1. The van der Waals surface area contributed by atoms with Crippen LogP contribution in [0.2, 0.25) is 0 Å². The third-order valence-electron chi connectivity index (χ3n) is 4.96. The molecule has 0 bridgehead atoms. The molecule has 1 aliphatic carbocycles. The molecule has 1 unspecified atom stereocenters. The highest BCUT2D eigenvalue weighted by molar-refractivity contribution is 6.13. The molecule has 0 aromatic carbocycles. The Morgan fingerprint density at radius 2 is 2.15 bits per heavy atom. The lowest BCUT2D eigenvalue weighted by Gasteiger charge is -2.21. The Labute approximate surface area is 154 Å². The Morgan fingerprint density at radius 3 is 2.78 bits per heavy atom. The van der Waals surface area contributed by atoms with Crippen LogP contribution in [0.15, 0.2) is 11.4 Å². The fourth-order valence-corrected chi connectivity index (χ4v) is 3.43. The maximum Gasteiger partial charge on any atom is 0.265 e. The number of oxime groups is 1. The number of nitrogens with one attached hydrogen (secondary N) is 1. The molecule has 4 rings (SSSR count).